The summed E-state index contributed by atoms with van der Waals surface area (Å²) in [6.45, 7) is -0.479. The van der Waals surface area contributed by atoms with Gasteiger partial charge in [-0.15, -0.1) is 0 Å². The number of aliphatic hydroxyl groups excluding tert-OH is 2. The average molecular weight is 1140 g/mol. The van der Waals surface area contributed by atoms with Crippen molar-refractivity contribution in [3.63, 3.8) is 0 Å². The van der Waals surface area contributed by atoms with Gasteiger partial charge in [0.2, 0.25) is 0 Å². The van der Waals surface area contributed by atoms with Gasteiger partial charge in [-0.1, -0.05) is 90.7 Å². The number of esters is 1. The van der Waals surface area contributed by atoms with Crippen LogP contribution in [-0.4, -0.2) is 92.6 Å². The van der Waals surface area contributed by atoms with Crippen molar-refractivity contribution in [2.45, 2.75) is 189 Å². The Morgan fingerprint density at radius 1 is 0.810 bits per heavy atom. The largest absolute Gasteiger partial charge is 0.454 e. The minimum absolute atomic E-state index is 0.0444. The van der Waals surface area contributed by atoms with Gasteiger partial charge in [0.05, 0.1) is 42.0 Å². The molecule has 23 atom stereocenters. The van der Waals surface area contributed by atoms with Gasteiger partial charge >= 0.3 is 5.97 Å². The number of aryl methyl sites for hydroxylation is 1. The molecule has 3 aliphatic heterocycles. The van der Waals surface area contributed by atoms with Gasteiger partial charge in [-0.2, -0.15) is 0 Å². The number of aldehydes is 1. The van der Waals surface area contributed by atoms with Crippen molar-refractivity contribution in [3.8, 4) is 11.8 Å². The van der Waals surface area contributed by atoms with Gasteiger partial charge in [-0.3, -0.25) is 0 Å². The topological polar surface area (TPSA) is 166 Å². The van der Waals surface area contributed by atoms with Crippen LogP contribution in [0.25, 0.3) is 0 Å². The summed E-state index contributed by atoms with van der Waals surface area (Å²) >= 11 is 0. The molecule has 11 aliphatic carbocycles. The summed E-state index contributed by atoms with van der Waals surface area (Å²) in [6, 6.07) is 25.9. The molecular formula is C74H89NO9. The Morgan fingerprint density at radius 3 is 2.46 bits per heavy atom. The lowest BCUT2D eigenvalue weighted by molar-refractivity contribution is -0.369. The van der Waals surface area contributed by atoms with Crippen LogP contribution >= 0.6 is 0 Å². The minimum Gasteiger partial charge on any atom is -0.454 e. The second-order valence-corrected chi connectivity index (χ2v) is 30.5. The Labute approximate surface area is 497 Å². The van der Waals surface area contributed by atoms with E-state index in [0.717, 1.165) is 80.1 Å². The third-order valence-corrected chi connectivity index (χ3v) is 27.9. The van der Waals surface area contributed by atoms with Crippen molar-refractivity contribution >= 4 is 12.3 Å². The van der Waals surface area contributed by atoms with Gasteiger partial charge in [0.1, 0.15) is 18.0 Å². The van der Waals surface area contributed by atoms with Crippen LogP contribution in [-0.2, 0) is 51.4 Å². The first-order valence-corrected chi connectivity index (χ1v) is 33.3. The van der Waals surface area contributed by atoms with E-state index in [4.69, 9.17) is 9.47 Å². The summed E-state index contributed by atoms with van der Waals surface area (Å²) in [7, 11) is 1.94. The third-order valence-electron chi connectivity index (χ3n) is 27.9. The highest BCUT2D eigenvalue weighted by atomic mass is 16.5. The van der Waals surface area contributed by atoms with Crippen LogP contribution in [0.3, 0.4) is 0 Å². The van der Waals surface area contributed by atoms with E-state index in [1.807, 2.05) is 25.2 Å². The van der Waals surface area contributed by atoms with Crippen molar-refractivity contribution < 1.29 is 44.6 Å². The molecule has 0 aromatic heterocycles. The number of ether oxygens (including phenoxy) is 2. The molecule has 6 N–H and O–H groups in total. The summed E-state index contributed by atoms with van der Waals surface area (Å²) in [5.41, 5.74) is -2.10. The Kier molecular flexibility index (Phi) is 12.9. The summed E-state index contributed by atoms with van der Waals surface area (Å²) in [5.74, 6) is 6.81. The second-order valence-electron chi connectivity index (χ2n) is 30.5. The molecule has 3 heterocycles. The fraction of sp³-hybridized carbons (Fsp3) is 0.649. The standard InChI is InChI=1S/C74H89NO9/c1-75-63-35-58-49(15-8-17-52(58)40-76)14-5-6-24-70-25-23-64-69(42-77)41-68-37-48(20-19-44-10-3-2-4-11-44)29-53(68)32-56-30-46-13-7-12-45(26-46)27-47-21-22-51(28-47)57-18-9-16-50-31-62(67(68)83-56)74(69,82)55(34-59(50)57)38-72(64,80)73(70,81)39-54-33-60(63)66-61(36-65(79)84-66)71(54,70)43-78/h2-4,7-13,15-17,26,36,42,47-48,50-51,53-57,59-60,62-64,66-67,75-76,78,80-82H,6,18-25,27-35,37-41,43H2,1H3. The van der Waals surface area contributed by atoms with Crippen LogP contribution in [0, 0.1) is 105 Å². The molecule has 8 saturated carbocycles. The zero-order chi connectivity index (χ0) is 57.2. The Morgan fingerprint density at radius 2 is 1.64 bits per heavy atom. The van der Waals surface area contributed by atoms with Gasteiger partial charge in [-0.05, 0) is 235 Å². The number of aliphatic hydroxyl groups is 5. The van der Waals surface area contributed by atoms with Crippen LogP contribution < -0.4 is 5.32 Å². The zero-order valence-electron chi connectivity index (χ0n) is 49.3. The lowest BCUT2D eigenvalue weighted by atomic mass is 9.32. The number of allylic oxidation sites excluding steroid dienone is 2. The van der Waals surface area contributed by atoms with E-state index in [1.54, 1.807) is 6.08 Å². The molecule has 9 fully saturated rings. The van der Waals surface area contributed by atoms with Crippen molar-refractivity contribution in [2.75, 3.05) is 13.7 Å². The lowest BCUT2D eigenvalue weighted by Gasteiger charge is -2.75. The molecule has 10 heteroatoms. The van der Waals surface area contributed by atoms with Gasteiger partial charge in [0.25, 0.3) is 0 Å². The molecule has 0 amide bonds. The van der Waals surface area contributed by atoms with Crippen LogP contribution in [0.5, 0.6) is 0 Å². The highest BCUT2D eigenvalue weighted by Gasteiger charge is 2.87. The molecule has 10 nitrogen and oxygen atoms in total. The normalized spacial score (nSPS) is 47.9. The van der Waals surface area contributed by atoms with Gasteiger partial charge in [-0.25, -0.2) is 4.79 Å². The summed E-state index contributed by atoms with van der Waals surface area (Å²) in [6.07, 6.45) is 22.6. The minimum atomic E-state index is -1.87. The van der Waals surface area contributed by atoms with Crippen molar-refractivity contribution in [2.24, 2.45) is 92.7 Å². The Hall–Kier alpha value is -4.44. The molecule has 444 valence electrons. The van der Waals surface area contributed by atoms with E-state index < -0.39 is 62.4 Å². The zero-order valence-corrected chi connectivity index (χ0v) is 49.3. The van der Waals surface area contributed by atoms with Crippen molar-refractivity contribution in [1.29, 1.82) is 0 Å². The van der Waals surface area contributed by atoms with Crippen LogP contribution in [0.4, 0.5) is 0 Å². The first kappa shape index (κ1) is 54.9. The van der Waals surface area contributed by atoms with E-state index in [-0.39, 0.29) is 79.8 Å². The van der Waals surface area contributed by atoms with E-state index in [0.29, 0.717) is 75.0 Å². The lowest BCUT2D eigenvalue weighted by Crippen LogP contribution is -2.83. The molecule has 23 unspecified atom stereocenters. The molecule has 14 bridgehead atoms. The van der Waals surface area contributed by atoms with E-state index in [9.17, 15) is 15.0 Å². The number of benzene rings is 3. The number of hydrogen-bond donors (Lipinski definition) is 6. The van der Waals surface area contributed by atoms with E-state index >= 15 is 20.1 Å². The third kappa shape index (κ3) is 7.36. The molecule has 17 rings (SSSR count). The van der Waals surface area contributed by atoms with Gasteiger partial charge in [0, 0.05) is 58.1 Å². The number of carbonyl (C=O) groups excluding carboxylic acids is 2. The van der Waals surface area contributed by atoms with Crippen LogP contribution in [0.2, 0.25) is 0 Å². The number of fused-ring (bicyclic) bond motifs is 12. The number of likely N-dealkylation sites (N-methyl/N-ethyl adjacent to an activating group) is 1. The SMILES string of the molecule is CNC1Cc2c(cccc2CO)C#CCCC23CCC4C(O)(CC5CC6C7C=CCC6C6CCC(Cc8cccc(c8)CC8CC9CC(CCc%10ccccc%10)CC9%10CC4(C=O)C5(O)C(C7)C%10O8)C6)C2(O)CC2CC1C1OC(=O)C=C1C23CO. The smallest absolute Gasteiger partial charge is 0.331 e. The van der Waals surface area contributed by atoms with Crippen molar-refractivity contribution in [3.05, 3.63) is 130 Å². The molecule has 84 heavy (non-hydrogen) atoms. The molecule has 3 aromatic carbocycles. The van der Waals surface area contributed by atoms with Crippen molar-refractivity contribution in [1.82, 2.24) is 5.32 Å². The maximum Gasteiger partial charge on any atom is 0.331 e. The first-order valence-electron chi connectivity index (χ1n) is 33.3. The predicted octanol–water partition coefficient (Wildman–Crippen LogP) is 9.76. The van der Waals surface area contributed by atoms with Gasteiger partial charge < -0.3 is 45.1 Å². The van der Waals surface area contributed by atoms with E-state index in [2.05, 4.69) is 83.9 Å². The molecule has 14 aliphatic rings. The van der Waals surface area contributed by atoms with Gasteiger partial charge in [0.15, 0.2) is 0 Å². The highest BCUT2D eigenvalue weighted by Crippen LogP contribution is 2.83. The number of nitrogens with one attached hydrogen (secondary N) is 1. The fourth-order valence-corrected chi connectivity index (χ4v) is 25.0. The Bertz CT molecular complexity index is 3260. The monoisotopic (exact) mass is 1140 g/mol. The molecular weight excluding hydrogens is 1050 g/mol. The summed E-state index contributed by atoms with van der Waals surface area (Å²) in [5, 5.41) is 72.8. The van der Waals surface area contributed by atoms with Crippen LogP contribution in [0.15, 0.2) is 96.6 Å². The highest BCUT2D eigenvalue weighted by molar-refractivity contribution is 5.87. The summed E-state index contributed by atoms with van der Waals surface area (Å²) in [4.78, 5) is 30.0. The first-order chi connectivity index (χ1) is 40.8. The Balaban J connectivity index is 0.886. The molecule has 0 radical (unpaired) electrons. The number of carbonyl (C=O) groups is 2. The maximum absolute atomic E-state index is 15.9. The van der Waals surface area contributed by atoms with Crippen LogP contribution in [0.1, 0.15) is 149 Å². The second kappa shape index (κ2) is 19.8. The molecule has 2 spiro atoms. The molecule has 1 saturated heterocycles. The van der Waals surface area contributed by atoms with E-state index in [1.165, 1.54) is 42.2 Å². The number of hydrogen-bond acceptors (Lipinski definition) is 10. The number of rotatable bonds is 7. The molecule has 3 aromatic rings. The maximum atomic E-state index is 15.9. The quantitative estimate of drug-likeness (QED) is 0.0581. The summed E-state index contributed by atoms with van der Waals surface area (Å²) < 4.78 is 14.4. The fourth-order valence-electron chi connectivity index (χ4n) is 25.0. The predicted molar refractivity (Wildman–Crippen MR) is 318 cm³/mol. The average Bonchev–Trinajstić information content (AvgIpc) is 1.31.